The van der Waals surface area contributed by atoms with Crippen molar-refractivity contribution in [1.29, 1.82) is 0 Å². The molecular weight excluding hydrogens is 473 g/mol. The molecular formula is C23H28FN7O3S. The third kappa shape index (κ3) is 5.39. The van der Waals surface area contributed by atoms with Crippen molar-refractivity contribution in [3.8, 4) is 28.6 Å². The summed E-state index contributed by atoms with van der Waals surface area (Å²) < 4.78 is 40.1. The molecule has 12 heteroatoms. The second-order valence-corrected chi connectivity index (χ2v) is 9.71. The maximum atomic E-state index is 15.0. The van der Waals surface area contributed by atoms with Crippen molar-refractivity contribution in [2.24, 2.45) is 10.7 Å². The number of aromatic nitrogens is 3. The molecule has 0 fully saturated rings. The molecule has 1 aromatic carbocycles. The standard InChI is InChI=1S/C23H28FN7O3S/c1-23(14-35(32)31(22(25)29-23)9-5-4-8-26-2)16-10-15(6-7-17(16)24)20-11-18(30-34-20)19-12-28-21(33-3)13-27-19/h6-7,10-13,26H,4-5,8-9,14H2,1-3H3,(H2,25,29)/t23-,35?/m0/s1. The molecule has 0 saturated heterocycles. The molecule has 0 amide bonds. The fourth-order valence-electron chi connectivity index (χ4n) is 3.85. The van der Waals surface area contributed by atoms with E-state index in [0.29, 0.717) is 35.1 Å². The highest BCUT2D eigenvalue weighted by Gasteiger charge is 2.43. The zero-order valence-electron chi connectivity index (χ0n) is 19.8. The topological polar surface area (TPSA) is 138 Å². The Labute approximate surface area is 206 Å². The van der Waals surface area contributed by atoms with E-state index in [4.69, 9.17) is 15.0 Å². The van der Waals surface area contributed by atoms with Gasteiger partial charge in [-0.25, -0.2) is 19.4 Å². The van der Waals surface area contributed by atoms with Crippen LogP contribution >= 0.6 is 0 Å². The van der Waals surface area contributed by atoms with Gasteiger partial charge in [0.2, 0.25) is 11.8 Å². The molecule has 2 aromatic heterocycles. The number of nitrogens with one attached hydrogen (secondary N) is 1. The normalized spacial score (nSPS) is 20.1. The Morgan fingerprint density at radius 1 is 1.26 bits per heavy atom. The van der Waals surface area contributed by atoms with E-state index < -0.39 is 22.7 Å². The third-order valence-corrected chi connectivity index (χ3v) is 7.42. The number of nitrogens with two attached hydrogens (primary N) is 1. The van der Waals surface area contributed by atoms with E-state index in [9.17, 15) is 8.94 Å². The molecule has 1 unspecified atom stereocenters. The monoisotopic (exact) mass is 501 g/mol. The molecule has 2 atom stereocenters. The smallest absolute Gasteiger partial charge is 0.235 e. The molecule has 4 rings (SSSR count). The fraction of sp³-hybridized carbons (Fsp3) is 0.391. The number of unbranched alkanes of at least 4 members (excludes halogenated alkanes) is 1. The third-order valence-electron chi connectivity index (χ3n) is 5.75. The number of hydrogen-bond acceptors (Lipinski definition) is 10. The van der Waals surface area contributed by atoms with Crippen molar-refractivity contribution < 1.29 is 18.2 Å². The van der Waals surface area contributed by atoms with Crippen LogP contribution in [0.4, 0.5) is 4.39 Å². The van der Waals surface area contributed by atoms with E-state index in [-0.39, 0.29) is 17.3 Å². The van der Waals surface area contributed by atoms with Crippen molar-refractivity contribution in [2.75, 3.05) is 33.0 Å². The summed E-state index contributed by atoms with van der Waals surface area (Å²) >= 11 is -1.44. The summed E-state index contributed by atoms with van der Waals surface area (Å²) in [6.07, 6.45) is 4.75. The van der Waals surface area contributed by atoms with Gasteiger partial charge in [0, 0.05) is 17.2 Å². The van der Waals surface area contributed by atoms with Crippen LogP contribution < -0.4 is 15.8 Å². The minimum absolute atomic E-state index is 0.114. The first-order chi connectivity index (χ1) is 16.8. The maximum absolute atomic E-state index is 15.0. The molecule has 186 valence electrons. The van der Waals surface area contributed by atoms with Gasteiger partial charge in [-0.3, -0.25) is 0 Å². The number of rotatable bonds is 9. The minimum Gasteiger partial charge on any atom is -0.593 e. The second-order valence-electron chi connectivity index (χ2n) is 8.34. The van der Waals surface area contributed by atoms with E-state index in [0.717, 1.165) is 19.4 Å². The number of guanidine groups is 1. The lowest BCUT2D eigenvalue weighted by Crippen LogP contribution is -2.52. The van der Waals surface area contributed by atoms with Crippen molar-refractivity contribution in [2.45, 2.75) is 25.3 Å². The van der Waals surface area contributed by atoms with Crippen LogP contribution in [0.15, 0.2) is 46.2 Å². The van der Waals surface area contributed by atoms with E-state index in [2.05, 4.69) is 25.4 Å². The van der Waals surface area contributed by atoms with E-state index in [1.807, 2.05) is 7.05 Å². The zero-order chi connectivity index (χ0) is 25.0. The average molecular weight is 502 g/mol. The Balaban J connectivity index is 1.59. The van der Waals surface area contributed by atoms with Gasteiger partial charge in [0.1, 0.15) is 22.7 Å². The fourth-order valence-corrected chi connectivity index (χ4v) is 5.29. The molecule has 35 heavy (non-hydrogen) atoms. The predicted octanol–water partition coefficient (Wildman–Crippen LogP) is 2.46. The van der Waals surface area contributed by atoms with Crippen molar-refractivity contribution in [1.82, 2.24) is 24.7 Å². The van der Waals surface area contributed by atoms with Gasteiger partial charge in [-0.2, -0.15) is 4.31 Å². The minimum atomic E-state index is -1.44. The second kappa shape index (κ2) is 10.6. The number of benzene rings is 1. The number of ether oxygens (including phenoxy) is 1. The predicted molar refractivity (Wildman–Crippen MR) is 131 cm³/mol. The van der Waals surface area contributed by atoms with Gasteiger partial charge in [-0.1, -0.05) is 5.16 Å². The Kier molecular flexibility index (Phi) is 7.53. The summed E-state index contributed by atoms with van der Waals surface area (Å²) in [5.74, 6) is 0.598. The van der Waals surface area contributed by atoms with Gasteiger partial charge in [0.15, 0.2) is 11.5 Å². The summed E-state index contributed by atoms with van der Waals surface area (Å²) in [5, 5.41) is 7.14. The average Bonchev–Trinajstić information content (AvgIpc) is 3.33. The van der Waals surface area contributed by atoms with Crippen molar-refractivity contribution in [3.05, 3.63) is 48.0 Å². The SMILES string of the molecule is CNCCCCN1C(N)=N[C@](C)(c2cc(-c3cc(-c4cnc(OC)cn4)no3)ccc2F)C[S+]1[O-]. The number of hydrogen-bond donors (Lipinski definition) is 2. The largest absolute Gasteiger partial charge is 0.593 e. The molecule has 10 nitrogen and oxygen atoms in total. The summed E-state index contributed by atoms with van der Waals surface area (Å²) in [7, 11) is 3.39. The summed E-state index contributed by atoms with van der Waals surface area (Å²) in [5.41, 5.74) is 6.94. The lowest BCUT2D eigenvalue weighted by Gasteiger charge is -2.37. The Morgan fingerprint density at radius 2 is 2.09 bits per heavy atom. The summed E-state index contributed by atoms with van der Waals surface area (Å²) in [6, 6.07) is 6.26. The molecule has 0 bridgehead atoms. The van der Waals surface area contributed by atoms with Crippen molar-refractivity contribution in [3.63, 3.8) is 0 Å². The van der Waals surface area contributed by atoms with Crippen LogP contribution in [0.3, 0.4) is 0 Å². The lowest BCUT2D eigenvalue weighted by atomic mass is 9.92. The first kappa shape index (κ1) is 24.9. The van der Waals surface area contributed by atoms with E-state index in [1.54, 1.807) is 29.4 Å². The van der Waals surface area contributed by atoms with Crippen LogP contribution in [-0.2, 0) is 16.9 Å². The lowest BCUT2D eigenvalue weighted by molar-refractivity contribution is 0.395. The molecule has 3 N–H and O–H groups in total. The van der Waals surface area contributed by atoms with Crippen LogP contribution in [0.2, 0.25) is 0 Å². The zero-order valence-corrected chi connectivity index (χ0v) is 20.6. The molecule has 0 aliphatic carbocycles. The van der Waals surface area contributed by atoms with Crippen molar-refractivity contribution >= 4 is 17.3 Å². The highest BCUT2D eigenvalue weighted by molar-refractivity contribution is 7.89. The number of halogens is 1. The molecule has 0 radical (unpaired) electrons. The number of nitrogens with zero attached hydrogens (tertiary/aromatic N) is 5. The van der Waals surface area contributed by atoms with Crippen LogP contribution in [0.5, 0.6) is 5.88 Å². The summed E-state index contributed by atoms with van der Waals surface area (Å²) in [6.45, 7) is 3.12. The Hall–Kier alpha value is -3.22. The van der Waals surface area contributed by atoms with Crippen LogP contribution in [0.1, 0.15) is 25.3 Å². The van der Waals surface area contributed by atoms with Gasteiger partial charge in [-0.15, -0.1) is 0 Å². The van der Waals surface area contributed by atoms with Crippen LogP contribution in [-0.4, -0.2) is 62.9 Å². The molecule has 0 spiro atoms. The van der Waals surface area contributed by atoms with Gasteiger partial charge < -0.3 is 24.9 Å². The van der Waals surface area contributed by atoms with Gasteiger partial charge >= 0.3 is 0 Å². The quantitative estimate of drug-likeness (QED) is 0.334. The van der Waals surface area contributed by atoms with E-state index in [1.165, 1.54) is 25.6 Å². The highest BCUT2D eigenvalue weighted by atomic mass is 32.2. The van der Waals surface area contributed by atoms with Crippen LogP contribution in [0.25, 0.3) is 22.7 Å². The Bertz CT molecular complexity index is 1190. The maximum Gasteiger partial charge on any atom is 0.235 e. The highest BCUT2D eigenvalue weighted by Crippen LogP contribution is 2.36. The van der Waals surface area contributed by atoms with Crippen LogP contribution in [0, 0.1) is 5.82 Å². The molecule has 0 saturated carbocycles. The molecule has 1 aliphatic heterocycles. The number of aliphatic imine (C=N–C) groups is 1. The first-order valence-electron chi connectivity index (χ1n) is 11.1. The van der Waals surface area contributed by atoms with Gasteiger partial charge in [0.25, 0.3) is 0 Å². The molecule has 1 aliphatic rings. The van der Waals surface area contributed by atoms with Gasteiger partial charge in [0.05, 0.1) is 37.4 Å². The molecule has 3 heterocycles. The van der Waals surface area contributed by atoms with Gasteiger partial charge in [-0.05, 0) is 51.6 Å². The Morgan fingerprint density at radius 3 is 2.77 bits per heavy atom. The summed E-state index contributed by atoms with van der Waals surface area (Å²) in [4.78, 5) is 13.0. The number of methoxy groups -OCH3 is 1. The first-order valence-corrected chi connectivity index (χ1v) is 12.4. The van der Waals surface area contributed by atoms with E-state index >= 15 is 0 Å². The molecule has 3 aromatic rings.